The van der Waals surface area contributed by atoms with Crippen LogP contribution < -0.4 is 5.32 Å². The second kappa shape index (κ2) is 5.68. The van der Waals surface area contributed by atoms with Crippen LogP contribution in [-0.2, 0) is 0 Å². The fourth-order valence-corrected chi connectivity index (χ4v) is 2.16. The lowest BCUT2D eigenvalue weighted by molar-refractivity contribution is 1.03. The van der Waals surface area contributed by atoms with Gasteiger partial charge in [-0.3, -0.25) is 4.98 Å². The largest absolute Gasteiger partial charge is 0.369 e. The van der Waals surface area contributed by atoms with E-state index in [1.54, 1.807) is 24.2 Å². The zero-order chi connectivity index (χ0) is 12.1. The van der Waals surface area contributed by atoms with Crippen molar-refractivity contribution >= 4 is 17.6 Å². The summed E-state index contributed by atoms with van der Waals surface area (Å²) in [5.74, 6) is 0.824. The number of benzene rings is 1. The lowest BCUT2D eigenvalue weighted by atomic mass is 10.2. The molecule has 0 spiro atoms. The fourth-order valence-electron chi connectivity index (χ4n) is 1.39. The summed E-state index contributed by atoms with van der Waals surface area (Å²) < 4.78 is 0. The van der Waals surface area contributed by atoms with E-state index in [1.165, 1.54) is 10.5 Å². The number of aryl methyl sites for hydroxylation is 1. The summed E-state index contributed by atoms with van der Waals surface area (Å²) in [6, 6.07) is 8.40. The maximum atomic E-state index is 4.47. The zero-order valence-corrected chi connectivity index (χ0v) is 10.8. The molecule has 88 valence electrons. The second-order valence-electron chi connectivity index (χ2n) is 3.69. The summed E-state index contributed by atoms with van der Waals surface area (Å²) in [5.41, 5.74) is 1.27. The van der Waals surface area contributed by atoms with Crippen molar-refractivity contribution in [1.82, 2.24) is 9.97 Å². The molecular weight excluding hydrogens is 230 g/mol. The smallest absolute Gasteiger partial charge is 0.145 e. The summed E-state index contributed by atoms with van der Waals surface area (Å²) in [5, 5.41) is 4.07. The van der Waals surface area contributed by atoms with Crippen molar-refractivity contribution in [3.05, 3.63) is 42.2 Å². The monoisotopic (exact) mass is 245 g/mol. The van der Waals surface area contributed by atoms with Gasteiger partial charge in [0.15, 0.2) is 0 Å². The predicted molar refractivity (Wildman–Crippen MR) is 71.5 cm³/mol. The number of hydrogen-bond donors (Lipinski definition) is 1. The van der Waals surface area contributed by atoms with Gasteiger partial charge in [0, 0.05) is 11.4 Å². The highest BCUT2D eigenvalue weighted by atomic mass is 32.2. The van der Waals surface area contributed by atoms with Crippen molar-refractivity contribution in [3.8, 4) is 0 Å². The molecule has 1 aromatic heterocycles. The van der Waals surface area contributed by atoms with Gasteiger partial charge in [-0.15, -0.1) is 0 Å². The number of anilines is 1. The lowest BCUT2D eigenvalue weighted by Crippen LogP contribution is -2.00. The van der Waals surface area contributed by atoms with Gasteiger partial charge in [-0.1, -0.05) is 29.5 Å². The Bertz CT molecular complexity index is 482. The molecule has 1 N–H and O–H groups in total. The van der Waals surface area contributed by atoms with Crippen LogP contribution in [0.3, 0.4) is 0 Å². The quantitative estimate of drug-likeness (QED) is 0.896. The van der Waals surface area contributed by atoms with Crippen LogP contribution in [0.2, 0.25) is 0 Å². The van der Waals surface area contributed by atoms with E-state index in [-0.39, 0.29) is 0 Å². The van der Waals surface area contributed by atoms with Gasteiger partial charge >= 0.3 is 0 Å². The fraction of sp³-hybridized carbons (Fsp3) is 0.231. The molecule has 0 radical (unpaired) electrons. The van der Waals surface area contributed by atoms with Crippen molar-refractivity contribution in [1.29, 1.82) is 0 Å². The average molecular weight is 245 g/mol. The van der Waals surface area contributed by atoms with E-state index in [2.05, 4.69) is 46.5 Å². The summed E-state index contributed by atoms with van der Waals surface area (Å²) in [6.45, 7) is 4.98. The molecule has 0 saturated carbocycles. The molecule has 4 heteroatoms. The molecule has 0 aliphatic heterocycles. The van der Waals surface area contributed by atoms with Gasteiger partial charge in [0.1, 0.15) is 10.8 Å². The third-order valence-electron chi connectivity index (χ3n) is 2.21. The van der Waals surface area contributed by atoms with E-state index in [1.807, 2.05) is 6.92 Å². The van der Waals surface area contributed by atoms with Gasteiger partial charge in [0.25, 0.3) is 0 Å². The van der Waals surface area contributed by atoms with E-state index in [0.29, 0.717) is 0 Å². The second-order valence-corrected chi connectivity index (χ2v) is 4.78. The van der Waals surface area contributed by atoms with E-state index < -0.39 is 0 Å². The first kappa shape index (κ1) is 11.9. The third-order valence-corrected chi connectivity index (χ3v) is 3.13. The van der Waals surface area contributed by atoms with Gasteiger partial charge in [-0.05, 0) is 26.0 Å². The Kier molecular flexibility index (Phi) is 3.98. The zero-order valence-electron chi connectivity index (χ0n) is 9.97. The Balaban J connectivity index is 2.12. The van der Waals surface area contributed by atoms with E-state index in [9.17, 15) is 0 Å². The number of nitrogens with one attached hydrogen (secondary N) is 1. The molecule has 0 aliphatic carbocycles. The first-order valence-electron chi connectivity index (χ1n) is 5.58. The average Bonchev–Trinajstić information content (AvgIpc) is 2.33. The molecular formula is C13H15N3S. The first-order valence-corrected chi connectivity index (χ1v) is 6.40. The number of rotatable bonds is 4. The summed E-state index contributed by atoms with van der Waals surface area (Å²) in [4.78, 5) is 9.82. The number of nitrogens with zero attached hydrogens (tertiary/aromatic N) is 2. The van der Waals surface area contributed by atoms with Crippen LogP contribution >= 0.6 is 11.8 Å². The van der Waals surface area contributed by atoms with Crippen LogP contribution in [0.15, 0.2) is 46.6 Å². The van der Waals surface area contributed by atoms with E-state index in [4.69, 9.17) is 0 Å². The van der Waals surface area contributed by atoms with Gasteiger partial charge in [-0.25, -0.2) is 4.98 Å². The molecule has 2 rings (SSSR count). The van der Waals surface area contributed by atoms with Crippen LogP contribution in [0.1, 0.15) is 12.5 Å². The minimum atomic E-state index is 0.824. The van der Waals surface area contributed by atoms with Gasteiger partial charge in [0.2, 0.25) is 0 Å². The van der Waals surface area contributed by atoms with Crippen LogP contribution in [0.25, 0.3) is 0 Å². The molecule has 2 aromatic rings. The summed E-state index contributed by atoms with van der Waals surface area (Å²) >= 11 is 1.62. The van der Waals surface area contributed by atoms with Crippen LogP contribution in [0, 0.1) is 6.92 Å². The van der Waals surface area contributed by atoms with Crippen molar-refractivity contribution < 1.29 is 0 Å². The Morgan fingerprint density at radius 1 is 1.18 bits per heavy atom. The van der Waals surface area contributed by atoms with Crippen LogP contribution in [0.4, 0.5) is 5.82 Å². The lowest BCUT2D eigenvalue weighted by Gasteiger charge is -2.04. The van der Waals surface area contributed by atoms with Gasteiger partial charge in [-0.2, -0.15) is 0 Å². The molecule has 0 saturated heterocycles. The first-order chi connectivity index (χ1) is 8.28. The number of aromatic nitrogens is 2. The van der Waals surface area contributed by atoms with Crippen LogP contribution in [-0.4, -0.2) is 16.5 Å². The van der Waals surface area contributed by atoms with Crippen molar-refractivity contribution in [2.45, 2.75) is 23.8 Å². The normalized spacial score (nSPS) is 10.2. The van der Waals surface area contributed by atoms with Crippen molar-refractivity contribution in [2.24, 2.45) is 0 Å². The molecule has 0 atom stereocenters. The molecule has 1 heterocycles. The molecule has 3 nitrogen and oxygen atoms in total. The predicted octanol–water partition coefficient (Wildman–Crippen LogP) is 3.37. The molecule has 0 bridgehead atoms. The Morgan fingerprint density at radius 2 is 1.94 bits per heavy atom. The molecule has 0 aliphatic rings. The summed E-state index contributed by atoms with van der Waals surface area (Å²) in [6.07, 6.45) is 3.52. The Morgan fingerprint density at radius 3 is 2.65 bits per heavy atom. The van der Waals surface area contributed by atoms with Crippen molar-refractivity contribution in [2.75, 3.05) is 11.9 Å². The molecule has 17 heavy (non-hydrogen) atoms. The Labute approximate surface area is 106 Å². The Hall–Kier alpha value is -1.55. The number of hydrogen-bond acceptors (Lipinski definition) is 4. The highest BCUT2D eigenvalue weighted by Crippen LogP contribution is 2.26. The molecule has 1 aromatic carbocycles. The van der Waals surface area contributed by atoms with Crippen molar-refractivity contribution in [3.63, 3.8) is 0 Å². The topological polar surface area (TPSA) is 37.8 Å². The highest BCUT2D eigenvalue weighted by molar-refractivity contribution is 7.99. The van der Waals surface area contributed by atoms with E-state index in [0.717, 1.165) is 17.4 Å². The maximum Gasteiger partial charge on any atom is 0.145 e. The third kappa shape index (κ3) is 3.46. The molecule has 0 amide bonds. The van der Waals surface area contributed by atoms with Gasteiger partial charge in [0.05, 0.1) is 12.4 Å². The van der Waals surface area contributed by atoms with Crippen LogP contribution in [0.5, 0.6) is 0 Å². The molecule has 0 fully saturated rings. The maximum absolute atomic E-state index is 4.47. The SMILES string of the molecule is CCNc1cncc(Sc2ccc(C)cc2)n1. The van der Waals surface area contributed by atoms with E-state index >= 15 is 0 Å². The standard InChI is InChI=1S/C13H15N3S/c1-3-15-12-8-14-9-13(16-12)17-11-6-4-10(2)5-7-11/h4-9H,3H2,1-2H3,(H,15,16). The van der Waals surface area contributed by atoms with Gasteiger partial charge < -0.3 is 5.32 Å². The minimum absolute atomic E-state index is 0.824. The highest BCUT2D eigenvalue weighted by Gasteiger charge is 2.00. The molecule has 0 unspecified atom stereocenters. The minimum Gasteiger partial charge on any atom is -0.369 e. The summed E-state index contributed by atoms with van der Waals surface area (Å²) in [7, 11) is 0.